The number of carbonyl (C=O) groups is 3. The summed E-state index contributed by atoms with van der Waals surface area (Å²) in [4.78, 5) is 45.4. The number of hydrogen-bond donors (Lipinski definition) is 2. The van der Waals surface area contributed by atoms with Gasteiger partial charge in [-0.05, 0) is 30.7 Å². The van der Waals surface area contributed by atoms with Gasteiger partial charge in [-0.1, -0.05) is 35.9 Å². The number of benzene rings is 2. The molecular weight excluding hydrogens is 392 g/mol. The minimum Gasteiger partial charge on any atom is -0.361 e. The Morgan fingerprint density at radius 3 is 2.65 bits per heavy atom. The number of rotatable bonds is 3. The van der Waals surface area contributed by atoms with E-state index in [1.54, 1.807) is 21.9 Å². The van der Waals surface area contributed by atoms with Crippen molar-refractivity contribution < 1.29 is 14.4 Å². The van der Waals surface area contributed by atoms with Crippen LogP contribution in [-0.2, 0) is 16.0 Å². The van der Waals surface area contributed by atoms with Gasteiger partial charge in [0.2, 0.25) is 11.8 Å². The first-order chi connectivity index (χ1) is 15.0. The molecule has 0 spiro atoms. The largest absolute Gasteiger partial charge is 0.361 e. The topological polar surface area (TPSA) is 85.5 Å². The van der Waals surface area contributed by atoms with Gasteiger partial charge >= 0.3 is 0 Å². The van der Waals surface area contributed by atoms with Crippen LogP contribution < -0.4 is 5.32 Å². The monoisotopic (exact) mass is 416 g/mol. The average Bonchev–Trinajstić information content (AvgIpc) is 3.20. The summed E-state index contributed by atoms with van der Waals surface area (Å²) >= 11 is 0. The molecule has 3 amide bonds. The highest BCUT2D eigenvalue weighted by Gasteiger charge is 2.44. The third-order valence-corrected chi connectivity index (χ3v) is 6.27. The molecule has 7 nitrogen and oxygen atoms in total. The molecule has 1 aromatic heterocycles. The van der Waals surface area contributed by atoms with Crippen molar-refractivity contribution in [3.05, 3.63) is 71.4 Å². The first-order valence-corrected chi connectivity index (χ1v) is 10.5. The molecule has 2 aliphatic heterocycles. The fraction of sp³-hybridized carbons (Fsp3) is 0.292. The van der Waals surface area contributed by atoms with E-state index < -0.39 is 12.1 Å². The van der Waals surface area contributed by atoms with Crippen LogP contribution in [-0.4, -0.2) is 64.2 Å². The van der Waals surface area contributed by atoms with Crippen LogP contribution in [0.3, 0.4) is 0 Å². The number of hydrogen-bond acceptors (Lipinski definition) is 3. The van der Waals surface area contributed by atoms with Crippen molar-refractivity contribution in [1.82, 2.24) is 20.1 Å². The summed E-state index contributed by atoms with van der Waals surface area (Å²) in [6, 6.07) is 14.1. The van der Waals surface area contributed by atoms with Crippen LogP contribution in [0, 0.1) is 6.92 Å². The molecule has 0 bridgehead atoms. The maximum atomic E-state index is 13.1. The highest BCUT2D eigenvalue weighted by atomic mass is 16.2. The van der Waals surface area contributed by atoms with Crippen molar-refractivity contribution in [2.75, 3.05) is 19.6 Å². The molecule has 2 N–H and O–H groups in total. The molecule has 2 fully saturated rings. The molecule has 3 heterocycles. The number of aryl methyl sites for hydroxylation is 1. The lowest BCUT2D eigenvalue weighted by atomic mass is 9.98. The Morgan fingerprint density at radius 1 is 1.06 bits per heavy atom. The molecular formula is C24H24N4O3. The number of amides is 3. The molecule has 0 saturated carbocycles. The highest BCUT2D eigenvalue weighted by molar-refractivity contribution is 5.99. The first-order valence-electron chi connectivity index (χ1n) is 10.5. The van der Waals surface area contributed by atoms with Gasteiger partial charge in [0, 0.05) is 42.2 Å². The predicted molar refractivity (Wildman–Crippen MR) is 117 cm³/mol. The van der Waals surface area contributed by atoms with E-state index in [0.29, 0.717) is 25.1 Å². The van der Waals surface area contributed by atoms with Gasteiger partial charge < -0.3 is 20.1 Å². The lowest BCUT2D eigenvalue weighted by molar-refractivity contribution is -0.152. The molecule has 158 valence electrons. The molecule has 2 aliphatic rings. The summed E-state index contributed by atoms with van der Waals surface area (Å²) < 4.78 is 0. The number of aromatic amines is 1. The lowest BCUT2D eigenvalue weighted by Gasteiger charge is -2.45. The molecule has 3 aromatic rings. The number of aromatic nitrogens is 1. The Kier molecular flexibility index (Phi) is 4.73. The number of carbonyl (C=O) groups excluding carboxylic acids is 3. The second-order valence-corrected chi connectivity index (χ2v) is 8.29. The van der Waals surface area contributed by atoms with Crippen LogP contribution >= 0.6 is 0 Å². The van der Waals surface area contributed by atoms with Crippen LogP contribution in [0.2, 0.25) is 0 Å². The average molecular weight is 416 g/mol. The van der Waals surface area contributed by atoms with E-state index in [4.69, 9.17) is 0 Å². The number of piperazine rings is 2. The number of H-pyrrole nitrogens is 1. The van der Waals surface area contributed by atoms with Crippen LogP contribution in [0.1, 0.15) is 21.5 Å². The standard InChI is InChI=1S/C24H24N4O3/c1-15-6-8-16(9-7-15)23(30)27-10-11-28-21(14-27)22(29)26-20(24(28)31)12-17-13-25-19-5-3-2-4-18(17)19/h2-9,13,20-21,25H,10-12,14H2,1H3,(H,26,29)/t20-,21+/m0/s1. The van der Waals surface area contributed by atoms with Crippen molar-refractivity contribution in [2.24, 2.45) is 0 Å². The van der Waals surface area contributed by atoms with E-state index >= 15 is 0 Å². The summed E-state index contributed by atoms with van der Waals surface area (Å²) in [6.07, 6.45) is 2.33. The number of fused-ring (bicyclic) bond motifs is 2. The number of nitrogens with zero attached hydrogens (tertiary/aromatic N) is 2. The molecule has 0 unspecified atom stereocenters. The lowest BCUT2D eigenvalue weighted by Crippen LogP contribution is -2.70. The zero-order chi connectivity index (χ0) is 21.5. The first kappa shape index (κ1) is 19.4. The van der Waals surface area contributed by atoms with Gasteiger partial charge in [-0.25, -0.2) is 0 Å². The van der Waals surface area contributed by atoms with E-state index in [9.17, 15) is 14.4 Å². The van der Waals surface area contributed by atoms with Gasteiger partial charge in [0.15, 0.2) is 0 Å². The molecule has 2 saturated heterocycles. The minimum absolute atomic E-state index is 0.0858. The summed E-state index contributed by atoms with van der Waals surface area (Å²) in [6.45, 7) is 2.96. The van der Waals surface area contributed by atoms with Gasteiger partial charge in [-0.3, -0.25) is 14.4 Å². The van der Waals surface area contributed by atoms with Crippen molar-refractivity contribution in [3.63, 3.8) is 0 Å². The Morgan fingerprint density at radius 2 is 1.84 bits per heavy atom. The molecule has 2 aromatic carbocycles. The Balaban J connectivity index is 1.30. The van der Waals surface area contributed by atoms with Gasteiger partial charge in [-0.2, -0.15) is 0 Å². The van der Waals surface area contributed by atoms with Gasteiger partial charge in [0.25, 0.3) is 5.91 Å². The molecule has 2 atom stereocenters. The Hall–Kier alpha value is -3.61. The summed E-state index contributed by atoms with van der Waals surface area (Å²) in [5.41, 5.74) is 3.69. The second kappa shape index (κ2) is 7.58. The third-order valence-electron chi connectivity index (χ3n) is 6.27. The molecule has 31 heavy (non-hydrogen) atoms. The van der Waals surface area contributed by atoms with Gasteiger partial charge in [0.1, 0.15) is 12.1 Å². The third kappa shape index (κ3) is 3.46. The van der Waals surface area contributed by atoms with E-state index in [-0.39, 0.29) is 24.3 Å². The van der Waals surface area contributed by atoms with Crippen LogP contribution in [0.5, 0.6) is 0 Å². The maximum Gasteiger partial charge on any atom is 0.253 e. The zero-order valence-corrected chi connectivity index (χ0v) is 17.3. The summed E-state index contributed by atoms with van der Waals surface area (Å²) in [7, 11) is 0. The number of para-hydroxylation sites is 1. The Labute approximate surface area is 180 Å². The van der Waals surface area contributed by atoms with Crippen molar-refractivity contribution >= 4 is 28.6 Å². The molecule has 7 heteroatoms. The van der Waals surface area contributed by atoms with E-state index in [1.807, 2.05) is 49.5 Å². The fourth-order valence-electron chi connectivity index (χ4n) is 4.52. The normalized spacial score (nSPS) is 21.2. The van der Waals surface area contributed by atoms with Crippen LogP contribution in [0.25, 0.3) is 10.9 Å². The highest BCUT2D eigenvalue weighted by Crippen LogP contribution is 2.23. The van der Waals surface area contributed by atoms with E-state index in [0.717, 1.165) is 22.0 Å². The van der Waals surface area contributed by atoms with E-state index in [2.05, 4.69) is 10.3 Å². The molecule has 0 radical (unpaired) electrons. The molecule has 0 aliphatic carbocycles. The molecule has 5 rings (SSSR count). The van der Waals surface area contributed by atoms with Crippen molar-refractivity contribution in [2.45, 2.75) is 25.4 Å². The minimum atomic E-state index is -0.644. The quantitative estimate of drug-likeness (QED) is 0.684. The summed E-state index contributed by atoms with van der Waals surface area (Å²) in [5.74, 6) is -0.399. The Bertz CT molecular complexity index is 1170. The van der Waals surface area contributed by atoms with Gasteiger partial charge in [0.05, 0.1) is 6.54 Å². The van der Waals surface area contributed by atoms with Gasteiger partial charge in [-0.15, -0.1) is 0 Å². The number of nitrogens with one attached hydrogen (secondary N) is 2. The summed E-state index contributed by atoms with van der Waals surface area (Å²) in [5, 5.41) is 3.95. The second-order valence-electron chi connectivity index (χ2n) is 8.29. The van der Waals surface area contributed by atoms with Crippen LogP contribution in [0.15, 0.2) is 54.7 Å². The van der Waals surface area contributed by atoms with Crippen molar-refractivity contribution in [1.29, 1.82) is 0 Å². The maximum absolute atomic E-state index is 13.1. The van der Waals surface area contributed by atoms with E-state index in [1.165, 1.54) is 0 Å². The van der Waals surface area contributed by atoms with Crippen LogP contribution in [0.4, 0.5) is 0 Å². The smallest absolute Gasteiger partial charge is 0.253 e. The SMILES string of the molecule is Cc1ccc(C(=O)N2CCN3C(=O)[C@H](Cc4c[nH]c5ccccc45)NC(=O)[C@H]3C2)cc1. The van der Waals surface area contributed by atoms with Crippen molar-refractivity contribution in [3.8, 4) is 0 Å². The fourth-order valence-corrected chi connectivity index (χ4v) is 4.52. The zero-order valence-electron chi connectivity index (χ0n) is 17.3. The predicted octanol–water partition coefficient (Wildman–Crippen LogP) is 1.87.